The zero-order valence-corrected chi connectivity index (χ0v) is 28.8. The minimum atomic E-state index is -4.25. The van der Waals surface area contributed by atoms with E-state index in [1.165, 1.54) is 72.8 Å². The van der Waals surface area contributed by atoms with Crippen molar-refractivity contribution in [3.05, 3.63) is 121 Å². The van der Waals surface area contributed by atoms with Crippen LogP contribution in [-0.2, 0) is 49.5 Å². The van der Waals surface area contributed by atoms with E-state index in [0.29, 0.717) is 4.90 Å². The molecule has 0 saturated heterocycles. The fourth-order valence-corrected chi connectivity index (χ4v) is 4.14. The third kappa shape index (κ3) is 18.8. The summed E-state index contributed by atoms with van der Waals surface area (Å²) in [4.78, 5) is -0.225. The fourth-order valence-electron chi connectivity index (χ4n) is 2.29. The summed E-state index contributed by atoms with van der Waals surface area (Å²) in [7, 11) is -14.8. The van der Waals surface area contributed by atoms with Crippen molar-refractivity contribution in [3.63, 3.8) is 0 Å². The molecule has 0 unspecified atom stereocenters. The van der Waals surface area contributed by atoms with Crippen LogP contribution < -0.4 is 51.4 Å². The monoisotopic (exact) mass is 678 g/mol. The van der Waals surface area contributed by atoms with E-state index >= 15 is 0 Å². The van der Waals surface area contributed by atoms with Gasteiger partial charge in [-0.15, -0.1) is 0 Å². The van der Waals surface area contributed by atoms with Crippen molar-refractivity contribution in [1.82, 2.24) is 0 Å². The Hall–Kier alpha value is -1.27. The van der Waals surface area contributed by atoms with Crippen LogP contribution >= 0.6 is 0 Å². The zero-order chi connectivity index (χ0) is 29.5. The Balaban J connectivity index is 0. The zero-order valence-electron chi connectivity index (χ0n) is 21.2. The van der Waals surface area contributed by atoms with E-state index in [-0.39, 0.29) is 83.4 Å². The maximum absolute atomic E-state index is 10.3. The van der Waals surface area contributed by atoms with Gasteiger partial charge in [-0.1, -0.05) is 89.8 Å². The Kier molecular flexibility index (Phi) is 21.0. The second kappa shape index (κ2) is 20.6. The fraction of sp³-hybridized carbons (Fsp3) is 0. The maximum atomic E-state index is 10.3. The second-order valence-corrected chi connectivity index (χ2v) is 11.9. The van der Waals surface area contributed by atoms with Crippen LogP contribution in [0.4, 0.5) is 0 Å². The van der Waals surface area contributed by atoms with Gasteiger partial charge in [0.25, 0.3) is 0 Å². The molecule has 17 heteroatoms. The van der Waals surface area contributed by atoms with E-state index in [4.69, 9.17) is 0 Å². The Morgan fingerprint density at radius 1 is 0.415 bits per heavy atom. The molecule has 4 aromatic rings. The van der Waals surface area contributed by atoms with Crippen molar-refractivity contribution < 1.29 is 98.7 Å². The van der Waals surface area contributed by atoms with Gasteiger partial charge < -0.3 is 22.1 Å². The summed E-state index contributed by atoms with van der Waals surface area (Å²) in [6.45, 7) is 0. The molecule has 4 rings (SSSR count). The molecule has 11 nitrogen and oxygen atoms in total. The van der Waals surface area contributed by atoms with Gasteiger partial charge in [0, 0.05) is 0 Å². The summed E-state index contributed by atoms with van der Waals surface area (Å²) in [5, 5.41) is 0. The molecule has 0 fully saturated rings. The number of hydrogen-bond donors (Lipinski definition) is 0. The molecule has 4 aromatic carbocycles. The predicted molar refractivity (Wildman–Crippen MR) is 142 cm³/mol. The van der Waals surface area contributed by atoms with Gasteiger partial charge in [0.15, 0.2) is 0 Å². The average Bonchev–Trinajstić information content (AvgIpc) is 2.90. The van der Waals surface area contributed by atoms with Gasteiger partial charge in [0.1, 0.15) is 30.4 Å². The molecule has 0 saturated carbocycles. The Morgan fingerprint density at radius 2 is 0.610 bits per heavy atom. The molecule has 0 spiro atoms. The maximum Gasteiger partial charge on any atom is 3.00 e. The van der Waals surface area contributed by atoms with Gasteiger partial charge in [0.05, 0.1) is 14.7 Å². The van der Waals surface area contributed by atoms with Gasteiger partial charge in [-0.05, 0) is 47.1 Å². The SMILES string of the molecule is O=S(=O)([O-])c1ccccc1.O=S(=O)([O-])c1ccccc1.O=S(=O)([O-])c1ccccc1.O=[S-](=O)c1ccccc1.[Al+3].[K+]. The molecule has 0 aliphatic rings. The van der Waals surface area contributed by atoms with Crippen molar-refractivity contribution in [2.45, 2.75) is 19.6 Å². The third-order valence-electron chi connectivity index (χ3n) is 4.03. The van der Waals surface area contributed by atoms with Crippen molar-refractivity contribution in [3.8, 4) is 0 Å². The normalized spacial score (nSPS) is 10.4. The van der Waals surface area contributed by atoms with Crippen LogP contribution in [0, 0.1) is 0 Å². The summed E-state index contributed by atoms with van der Waals surface area (Å²) in [6.07, 6.45) is 0. The van der Waals surface area contributed by atoms with Gasteiger partial charge in [0.2, 0.25) is 0 Å². The minimum absolute atomic E-state index is 0. The molecule has 0 aromatic heterocycles. The van der Waals surface area contributed by atoms with Crippen LogP contribution in [0.25, 0.3) is 0 Å². The van der Waals surface area contributed by atoms with E-state index < -0.39 is 41.1 Å². The minimum Gasteiger partial charge on any atom is -0.744 e. The first kappa shape index (κ1) is 41.9. The summed E-state index contributed by atoms with van der Waals surface area (Å²) in [5.74, 6) is 0. The van der Waals surface area contributed by atoms with Crippen LogP contribution in [0.15, 0.2) is 141 Å². The van der Waals surface area contributed by atoms with Crippen LogP contribution in [0.2, 0.25) is 0 Å². The van der Waals surface area contributed by atoms with Crippen LogP contribution in [0.1, 0.15) is 0 Å². The predicted octanol–water partition coefficient (Wildman–Crippen LogP) is -0.250. The molecular formula is C24H20AlKO11S4. The summed E-state index contributed by atoms with van der Waals surface area (Å²) in [6, 6.07) is 29.8. The molecular weight excluding hydrogens is 659 g/mol. The first-order valence-electron chi connectivity index (χ1n) is 10.3. The summed E-state index contributed by atoms with van der Waals surface area (Å²) < 4.78 is 113. The molecule has 0 aliphatic heterocycles. The summed E-state index contributed by atoms with van der Waals surface area (Å²) in [5.41, 5.74) is 0. The smallest absolute Gasteiger partial charge is 0.744 e. The first-order valence-corrected chi connectivity index (χ1v) is 15.6. The number of hydrogen-bond acceptors (Lipinski definition) is 12. The van der Waals surface area contributed by atoms with Crippen LogP contribution in [-0.4, -0.2) is 56.3 Å². The molecule has 0 aliphatic carbocycles. The second-order valence-electron chi connectivity index (χ2n) is 6.85. The quantitative estimate of drug-likeness (QED) is 0.156. The number of rotatable bonds is 4. The standard InChI is InChI=1S/3C6H6O3S.C6H5O2S.Al.K/c3*7-10(8,9)6-4-2-1-3-5-6;7-9(8)6-4-2-1-3-5-6;;/h3*1-5H,(H,7,8,9);1-5H;;/q;;;-1;+3;+1/p-3. The van der Waals surface area contributed by atoms with Crippen molar-refractivity contribution in [1.29, 1.82) is 0 Å². The molecule has 0 heterocycles. The van der Waals surface area contributed by atoms with E-state index in [1.807, 2.05) is 0 Å². The Morgan fingerprint density at radius 3 is 0.732 bits per heavy atom. The Bertz CT molecular complexity index is 1520. The molecule has 0 atom stereocenters. The van der Waals surface area contributed by atoms with Gasteiger partial charge >= 0.3 is 68.7 Å². The van der Waals surface area contributed by atoms with Crippen molar-refractivity contribution in [2.24, 2.45) is 0 Å². The number of benzene rings is 4. The molecule has 210 valence electrons. The van der Waals surface area contributed by atoms with Crippen molar-refractivity contribution >= 4 is 58.4 Å². The third-order valence-corrected chi connectivity index (χ3v) is 7.24. The van der Waals surface area contributed by atoms with E-state index in [9.17, 15) is 47.3 Å². The Labute approximate surface area is 294 Å². The van der Waals surface area contributed by atoms with Crippen LogP contribution in [0.3, 0.4) is 0 Å². The molecule has 0 bridgehead atoms. The molecule has 41 heavy (non-hydrogen) atoms. The summed E-state index contributed by atoms with van der Waals surface area (Å²) >= 11 is 0. The van der Waals surface area contributed by atoms with E-state index in [2.05, 4.69) is 0 Å². The topological polar surface area (TPSA) is 206 Å². The van der Waals surface area contributed by atoms with E-state index in [1.54, 1.807) is 48.5 Å². The average molecular weight is 679 g/mol. The largest absolute Gasteiger partial charge is 3.00 e. The first-order chi connectivity index (χ1) is 18.1. The molecule has 0 N–H and O–H groups in total. The van der Waals surface area contributed by atoms with E-state index in [0.717, 1.165) is 0 Å². The van der Waals surface area contributed by atoms with Gasteiger partial charge in [-0.3, -0.25) is 0 Å². The van der Waals surface area contributed by atoms with Gasteiger partial charge in [-0.2, -0.15) is 0 Å². The van der Waals surface area contributed by atoms with Crippen LogP contribution in [0.5, 0.6) is 0 Å². The van der Waals surface area contributed by atoms with Gasteiger partial charge in [-0.25, -0.2) is 25.3 Å². The van der Waals surface area contributed by atoms with Crippen molar-refractivity contribution in [2.75, 3.05) is 0 Å². The molecule has 0 amide bonds. The molecule has 0 radical (unpaired) electrons.